The average Bonchev–Trinajstić information content (AvgIpc) is 3.17. The molecule has 1 N–H and O–H groups in total. The van der Waals surface area contributed by atoms with E-state index < -0.39 is 0 Å². The molecule has 1 saturated heterocycles. The maximum absolute atomic E-state index is 13.1. The highest BCUT2D eigenvalue weighted by molar-refractivity contribution is 7.09. The molecule has 6 nitrogen and oxygen atoms in total. The fourth-order valence-corrected chi connectivity index (χ4v) is 5.03. The van der Waals surface area contributed by atoms with Crippen molar-refractivity contribution in [1.29, 1.82) is 0 Å². The summed E-state index contributed by atoms with van der Waals surface area (Å²) >= 11 is 1.68. The first kappa shape index (κ1) is 19.3. The van der Waals surface area contributed by atoms with E-state index in [1.807, 2.05) is 18.7 Å². The Kier molecular flexibility index (Phi) is 4.91. The van der Waals surface area contributed by atoms with Gasteiger partial charge in [-0.2, -0.15) is 0 Å². The van der Waals surface area contributed by atoms with Crippen molar-refractivity contribution in [3.63, 3.8) is 0 Å². The average molecular weight is 401 g/mol. The molecular formula is C21H28N4O2S. The molecule has 1 amide bonds. The Hall–Kier alpha value is -1.99. The van der Waals surface area contributed by atoms with Gasteiger partial charge >= 0.3 is 0 Å². The third kappa shape index (κ3) is 3.65. The number of aromatic nitrogens is 2. The molecule has 0 bridgehead atoms. The predicted molar refractivity (Wildman–Crippen MR) is 110 cm³/mol. The smallest absolute Gasteiger partial charge is 0.270 e. The second kappa shape index (κ2) is 7.12. The Bertz CT molecular complexity index is 919. The molecule has 28 heavy (non-hydrogen) atoms. The number of hydrogen-bond donors (Lipinski definition) is 1. The number of amides is 1. The second-order valence-electron chi connectivity index (χ2n) is 8.85. The van der Waals surface area contributed by atoms with Gasteiger partial charge in [-0.3, -0.25) is 14.5 Å². The van der Waals surface area contributed by atoms with Crippen molar-refractivity contribution in [2.24, 2.45) is 5.41 Å². The Labute approximate surface area is 169 Å². The number of thiazole rings is 1. The topological polar surface area (TPSA) is 69.3 Å². The standard InChI is InChI=1S/C21H28N4O2S/c1-13-18-16(9-21(3,4)10-17(18)26)23-19(13)20(27)25-7-5-24(6-8-25)11-15-12-28-14(2)22-15/h12,23H,5-11H2,1-4H3. The lowest BCUT2D eigenvalue weighted by atomic mass is 9.75. The summed E-state index contributed by atoms with van der Waals surface area (Å²) in [5.74, 6) is 0.170. The third-order valence-corrected chi connectivity index (χ3v) is 6.65. The van der Waals surface area contributed by atoms with Crippen LogP contribution in [0.15, 0.2) is 5.38 Å². The monoisotopic (exact) mass is 400 g/mol. The molecule has 2 aliphatic rings. The Balaban J connectivity index is 1.44. The molecule has 7 heteroatoms. The molecule has 2 aromatic heterocycles. The summed E-state index contributed by atoms with van der Waals surface area (Å²) < 4.78 is 0. The summed E-state index contributed by atoms with van der Waals surface area (Å²) in [6, 6.07) is 0. The molecule has 0 unspecified atom stereocenters. The summed E-state index contributed by atoms with van der Waals surface area (Å²) in [6.45, 7) is 12.1. The van der Waals surface area contributed by atoms with Crippen molar-refractivity contribution >= 4 is 23.0 Å². The zero-order chi connectivity index (χ0) is 20.1. The van der Waals surface area contributed by atoms with E-state index in [2.05, 4.69) is 34.1 Å². The van der Waals surface area contributed by atoms with Gasteiger partial charge in [0, 0.05) is 55.8 Å². The van der Waals surface area contributed by atoms with Crippen LogP contribution in [-0.2, 0) is 13.0 Å². The normalized spacial score (nSPS) is 19.7. The lowest BCUT2D eigenvalue weighted by Gasteiger charge is -2.34. The van der Waals surface area contributed by atoms with E-state index in [9.17, 15) is 9.59 Å². The summed E-state index contributed by atoms with van der Waals surface area (Å²) in [6.07, 6.45) is 1.35. The number of nitrogens with zero attached hydrogens (tertiary/aromatic N) is 3. The lowest BCUT2D eigenvalue weighted by Crippen LogP contribution is -2.48. The summed E-state index contributed by atoms with van der Waals surface area (Å²) in [7, 11) is 0. The molecule has 1 aliphatic heterocycles. The van der Waals surface area contributed by atoms with E-state index in [4.69, 9.17) is 0 Å². The van der Waals surface area contributed by atoms with Crippen LogP contribution in [-0.4, -0.2) is 57.6 Å². The highest BCUT2D eigenvalue weighted by Crippen LogP contribution is 2.37. The molecule has 1 fully saturated rings. The molecule has 3 heterocycles. The fraction of sp³-hybridized carbons (Fsp3) is 0.571. The molecule has 0 aromatic carbocycles. The first-order valence-corrected chi connectivity index (χ1v) is 10.8. The van der Waals surface area contributed by atoms with Crippen molar-refractivity contribution in [3.05, 3.63) is 38.6 Å². The van der Waals surface area contributed by atoms with Gasteiger partial charge in [0.05, 0.1) is 10.7 Å². The van der Waals surface area contributed by atoms with Crippen molar-refractivity contribution < 1.29 is 9.59 Å². The van der Waals surface area contributed by atoms with Crippen molar-refractivity contribution in [3.8, 4) is 0 Å². The van der Waals surface area contributed by atoms with Gasteiger partial charge in [-0.15, -0.1) is 11.3 Å². The minimum Gasteiger partial charge on any atom is -0.354 e. The van der Waals surface area contributed by atoms with Crippen LogP contribution in [0.3, 0.4) is 0 Å². The maximum Gasteiger partial charge on any atom is 0.270 e. The van der Waals surface area contributed by atoms with Crippen LogP contribution in [0.1, 0.15) is 63.1 Å². The van der Waals surface area contributed by atoms with Gasteiger partial charge < -0.3 is 9.88 Å². The number of rotatable bonds is 3. The Morgan fingerprint density at radius 2 is 1.93 bits per heavy atom. The molecule has 0 radical (unpaired) electrons. The van der Waals surface area contributed by atoms with Crippen LogP contribution >= 0.6 is 11.3 Å². The van der Waals surface area contributed by atoms with E-state index in [0.29, 0.717) is 25.2 Å². The maximum atomic E-state index is 13.1. The quantitative estimate of drug-likeness (QED) is 0.859. The van der Waals surface area contributed by atoms with Crippen LogP contribution in [0, 0.1) is 19.3 Å². The van der Waals surface area contributed by atoms with Crippen LogP contribution in [0.25, 0.3) is 0 Å². The van der Waals surface area contributed by atoms with E-state index in [0.717, 1.165) is 53.6 Å². The number of carbonyl (C=O) groups excluding carboxylic acids is 2. The van der Waals surface area contributed by atoms with Crippen LogP contribution in [0.2, 0.25) is 0 Å². The molecule has 0 atom stereocenters. The van der Waals surface area contributed by atoms with E-state index >= 15 is 0 Å². The highest BCUT2D eigenvalue weighted by atomic mass is 32.1. The zero-order valence-corrected chi connectivity index (χ0v) is 17.9. The molecule has 2 aromatic rings. The van der Waals surface area contributed by atoms with Gasteiger partial charge in [0.2, 0.25) is 0 Å². The number of aromatic amines is 1. The third-order valence-electron chi connectivity index (χ3n) is 5.83. The van der Waals surface area contributed by atoms with Gasteiger partial charge in [-0.05, 0) is 31.2 Å². The Morgan fingerprint density at radius 1 is 1.21 bits per heavy atom. The van der Waals surface area contributed by atoms with Crippen LogP contribution in [0.5, 0.6) is 0 Å². The molecule has 150 valence electrons. The fourth-order valence-electron chi connectivity index (χ4n) is 4.42. The van der Waals surface area contributed by atoms with Crippen molar-refractivity contribution in [1.82, 2.24) is 19.8 Å². The van der Waals surface area contributed by atoms with Crippen molar-refractivity contribution in [2.45, 2.75) is 47.1 Å². The SMILES string of the molecule is Cc1nc(CN2CCN(C(=O)c3[nH]c4c(c3C)C(=O)CC(C)(C)C4)CC2)cs1. The number of ketones is 1. The molecule has 0 spiro atoms. The summed E-state index contributed by atoms with van der Waals surface area (Å²) in [4.78, 5) is 37.8. The number of Topliss-reactive ketones (excluding diaryl/α,β-unsaturated/α-hetero) is 1. The van der Waals surface area contributed by atoms with E-state index in [-0.39, 0.29) is 17.1 Å². The second-order valence-corrected chi connectivity index (χ2v) is 9.91. The van der Waals surface area contributed by atoms with Gasteiger partial charge in [-0.1, -0.05) is 13.8 Å². The molecule has 0 saturated carbocycles. The number of H-pyrrole nitrogens is 1. The van der Waals surface area contributed by atoms with Gasteiger partial charge in [0.25, 0.3) is 5.91 Å². The largest absolute Gasteiger partial charge is 0.354 e. The molecule has 4 rings (SSSR count). The van der Waals surface area contributed by atoms with Gasteiger partial charge in [-0.25, -0.2) is 4.98 Å². The highest BCUT2D eigenvalue weighted by Gasteiger charge is 2.36. The van der Waals surface area contributed by atoms with Crippen molar-refractivity contribution in [2.75, 3.05) is 26.2 Å². The molecular weight excluding hydrogens is 372 g/mol. The molecule has 1 aliphatic carbocycles. The Morgan fingerprint density at radius 3 is 2.57 bits per heavy atom. The van der Waals surface area contributed by atoms with Gasteiger partial charge in [0.15, 0.2) is 5.78 Å². The first-order valence-electron chi connectivity index (χ1n) is 9.91. The minimum absolute atomic E-state index is 0.0154. The number of aryl methyl sites for hydroxylation is 1. The summed E-state index contributed by atoms with van der Waals surface area (Å²) in [5.41, 5.74) is 4.15. The van der Waals surface area contributed by atoms with E-state index in [1.54, 1.807) is 11.3 Å². The predicted octanol–water partition coefficient (Wildman–Crippen LogP) is 3.20. The number of fused-ring (bicyclic) bond motifs is 1. The first-order chi connectivity index (χ1) is 13.2. The summed E-state index contributed by atoms with van der Waals surface area (Å²) in [5, 5.41) is 3.20. The lowest BCUT2D eigenvalue weighted by molar-refractivity contribution is 0.0621. The number of carbonyl (C=O) groups is 2. The number of piperazine rings is 1. The van der Waals surface area contributed by atoms with E-state index in [1.165, 1.54) is 0 Å². The van der Waals surface area contributed by atoms with Gasteiger partial charge in [0.1, 0.15) is 5.69 Å². The van der Waals surface area contributed by atoms with Crippen LogP contribution in [0.4, 0.5) is 0 Å². The number of hydrogen-bond acceptors (Lipinski definition) is 5. The van der Waals surface area contributed by atoms with Crippen LogP contribution < -0.4 is 0 Å². The minimum atomic E-state index is -0.0542. The number of nitrogens with one attached hydrogen (secondary N) is 1. The zero-order valence-electron chi connectivity index (χ0n) is 17.1.